The lowest BCUT2D eigenvalue weighted by molar-refractivity contribution is -0.385. The maximum atomic E-state index is 12.1. The third kappa shape index (κ3) is 4.28. The number of hydrogen-bond acceptors (Lipinski definition) is 5. The van der Waals surface area contributed by atoms with Crippen LogP contribution in [0.25, 0.3) is 0 Å². The van der Waals surface area contributed by atoms with Gasteiger partial charge in [0, 0.05) is 19.3 Å². The van der Waals surface area contributed by atoms with Crippen molar-refractivity contribution in [1.29, 1.82) is 0 Å². The minimum atomic E-state index is -0.624. The van der Waals surface area contributed by atoms with Crippen molar-refractivity contribution in [2.45, 2.75) is 32.9 Å². The van der Waals surface area contributed by atoms with Gasteiger partial charge in [0.05, 0.1) is 16.1 Å². The summed E-state index contributed by atoms with van der Waals surface area (Å²) in [6.45, 7) is 4.27. The van der Waals surface area contributed by atoms with Gasteiger partial charge >= 0.3 is 5.69 Å². The van der Waals surface area contributed by atoms with Crippen molar-refractivity contribution in [3.8, 4) is 0 Å². The Hall–Kier alpha value is -2.42. The molecule has 2 rings (SSSR count). The van der Waals surface area contributed by atoms with Gasteiger partial charge in [0.25, 0.3) is 0 Å². The zero-order chi connectivity index (χ0) is 17.0. The molecule has 0 aliphatic heterocycles. The maximum Gasteiger partial charge on any atom is 0.309 e. The number of amides is 1. The first kappa shape index (κ1) is 16.9. The average Bonchev–Trinajstić information content (AvgIpc) is 3.08. The van der Waals surface area contributed by atoms with Crippen LogP contribution in [0, 0.1) is 17.0 Å². The summed E-state index contributed by atoms with van der Waals surface area (Å²) in [5, 5.41) is 22.2. The van der Waals surface area contributed by atoms with Gasteiger partial charge in [-0.3, -0.25) is 24.3 Å². The second-order valence-electron chi connectivity index (χ2n) is 5.08. The lowest BCUT2D eigenvalue weighted by Crippen LogP contribution is -2.32. The molecule has 1 unspecified atom stereocenters. The lowest BCUT2D eigenvalue weighted by atomic mass is 10.3. The van der Waals surface area contributed by atoms with Gasteiger partial charge in [-0.1, -0.05) is 11.6 Å². The third-order valence-electron chi connectivity index (χ3n) is 3.33. The highest BCUT2D eigenvalue weighted by atomic mass is 35.5. The highest BCUT2D eigenvalue weighted by Gasteiger charge is 2.21. The summed E-state index contributed by atoms with van der Waals surface area (Å²) >= 11 is 5.76. The van der Waals surface area contributed by atoms with E-state index in [1.54, 1.807) is 24.0 Å². The smallest absolute Gasteiger partial charge is 0.309 e. The number of carbonyl (C=O) groups excluding carboxylic acids is 1. The van der Waals surface area contributed by atoms with E-state index in [4.69, 9.17) is 11.6 Å². The Balaban J connectivity index is 1.83. The number of rotatable bonds is 7. The van der Waals surface area contributed by atoms with Gasteiger partial charge in [-0.25, -0.2) is 0 Å². The number of halogens is 1. The summed E-state index contributed by atoms with van der Waals surface area (Å²) < 4.78 is 2.99. The van der Waals surface area contributed by atoms with E-state index in [0.29, 0.717) is 24.5 Å². The lowest BCUT2D eigenvalue weighted by Gasteiger charge is -2.12. The molecular weight excluding hydrogens is 324 g/mol. The van der Waals surface area contributed by atoms with Crippen LogP contribution >= 0.6 is 11.6 Å². The standard InChI is InChI=1S/C13H17ClN6O3/c1-9-12(20(22)23)8-19(17-9)10(2)13(21)15-4-3-5-18-7-11(14)6-16-18/h6-8,10H,3-5H2,1-2H3,(H,15,21). The van der Waals surface area contributed by atoms with Gasteiger partial charge in [0.2, 0.25) is 5.91 Å². The van der Waals surface area contributed by atoms with Gasteiger partial charge in [0.1, 0.15) is 17.9 Å². The fraction of sp³-hybridized carbons (Fsp3) is 0.462. The molecule has 23 heavy (non-hydrogen) atoms. The van der Waals surface area contributed by atoms with E-state index < -0.39 is 11.0 Å². The summed E-state index contributed by atoms with van der Waals surface area (Å²) in [5.41, 5.74) is 0.186. The minimum Gasteiger partial charge on any atom is -0.354 e. The number of nitrogens with zero attached hydrogens (tertiary/aromatic N) is 5. The Morgan fingerprint density at radius 3 is 2.83 bits per heavy atom. The summed E-state index contributed by atoms with van der Waals surface area (Å²) in [7, 11) is 0. The minimum absolute atomic E-state index is 0.0970. The average molecular weight is 341 g/mol. The summed E-state index contributed by atoms with van der Waals surface area (Å²) in [6, 6.07) is -0.624. The molecule has 0 saturated carbocycles. The first-order chi connectivity index (χ1) is 10.9. The predicted octanol–water partition coefficient (Wildman–Crippen LogP) is 1.72. The number of aryl methyl sites for hydroxylation is 2. The fourth-order valence-corrected chi connectivity index (χ4v) is 2.19. The van der Waals surface area contributed by atoms with Gasteiger partial charge in [0.15, 0.2) is 0 Å². The van der Waals surface area contributed by atoms with Gasteiger partial charge < -0.3 is 5.32 Å². The van der Waals surface area contributed by atoms with Crippen molar-refractivity contribution >= 4 is 23.2 Å². The van der Waals surface area contributed by atoms with Crippen LogP contribution in [0.15, 0.2) is 18.6 Å². The highest BCUT2D eigenvalue weighted by molar-refractivity contribution is 6.30. The number of nitro groups is 1. The molecule has 0 bridgehead atoms. The quantitative estimate of drug-likeness (QED) is 0.469. The van der Waals surface area contributed by atoms with E-state index in [2.05, 4.69) is 15.5 Å². The molecule has 0 radical (unpaired) electrons. The Kier molecular flexibility index (Phi) is 5.32. The van der Waals surface area contributed by atoms with E-state index in [0.717, 1.165) is 0 Å². The van der Waals surface area contributed by atoms with Gasteiger partial charge in [-0.05, 0) is 20.3 Å². The van der Waals surface area contributed by atoms with Crippen LogP contribution in [-0.4, -0.2) is 36.9 Å². The molecule has 9 nitrogen and oxygen atoms in total. The molecule has 0 spiro atoms. The summed E-state index contributed by atoms with van der Waals surface area (Å²) in [6.07, 6.45) is 5.22. The molecule has 1 amide bonds. The van der Waals surface area contributed by atoms with Gasteiger partial charge in [-0.2, -0.15) is 10.2 Å². The van der Waals surface area contributed by atoms with E-state index in [9.17, 15) is 14.9 Å². The molecule has 2 aromatic heterocycles. The number of aromatic nitrogens is 4. The van der Waals surface area contributed by atoms with E-state index >= 15 is 0 Å². The monoisotopic (exact) mass is 340 g/mol. The molecular formula is C13H17ClN6O3. The normalized spacial score (nSPS) is 12.1. The van der Waals surface area contributed by atoms with Crippen LogP contribution in [-0.2, 0) is 11.3 Å². The Morgan fingerprint density at radius 1 is 1.52 bits per heavy atom. The molecule has 10 heteroatoms. The second-order valence-corrected chi connectivity index (χ2v) is 5.52. The van der Waals surface area contributed by atoms with Crippen molar-refractivity contribution in [2.75, 3.05) is 6.54 Å². The first-order valence-corrected chi connectivity index (χ1v) is 7.42. The number of carbonyl (C=O) groups is 1. The molecule has 2 heterocycles. The zero-order valence-electron chi connectivity index (χ0n) is 12.8. The predicted molar refractivity (Wildman–Crippen MR) is 83.2 cm³/mol. The molecule has 124 valence electrons. The van der Waals surface area contributed by atoms with Crippen LogP contribution in [0.3, 0.4) is 0 Å². The SMILES string of the molecule is Cc1nn(C(C)C(=O)NCCCn2cc(Cl)cn2)cc1[N+](=O)[O-]. The van der Waals surface area contributed by atoms with Crippen molar-refractivity contribution in [3.05, 3.63) is 39.4 Å². The van der Waals surface area contributed by atoms with Crippen LogP contribution in [0.4, 0.5) is 5.69 Å². The largest absolute Gasteiger partial charge is 0.354 e. The molecule has 1 N–H and O–H groups in total. The van der Waals surface area contributed by atoms with E-state index in [1.807, 2.05) is 0 Å². The number of hydrogen-bond donors (Lipinski definition) is 1. The first-order valence-electron chi connectivity index (χ1n) is 7.04. The van der Waals surface area contributed by atoms with E-state index in [-0.39, 0.29) is 17.3 Å². The van der Waals surface area contributed by atoms with Crippen molar-refractivity contribution in [1.82, 2.24) is 24.9 Å². The zero-order valence-corrected chi connectivity index (χ0v) is 13.5. The second kappa shape index (κ2) is 7.23. The van der Waals surface area contributed by atoms with Crippen LogP contribution in [0.5, 0.6) is 0 Å². The molecule has 0 aliphatic carbocycles. The van der Waals surface area contributed by atoms with Crippen LogP contribution < -0.4 is 5.32 Å². The molecule has 2 aromatic rings. The Morgan fingerprint density at radius 2 is 2.26 bits per heavy atom. The third-order valence-corrected chi connectivity index (χ3v) is 3.52. The molecule has 0 aliphatic rings. The van der Waals surface area contributed by atoms with Crippen molar-refractivity contribution in [2.24, 2.45) is 0 Å². The van der Waals surface area contributed by atoms with Crippen LogP contribution in [0.2, 0.25) is 5.02 Å². The van der Waals surface area contributed by atoms with Crippen molar-refractivity contribution < 1.29 is 9.72 Å². The fourth-order valence-electron chi connectivity index (χ4n) is 2.03. The number of nitrogens with one attached hydrogen (secondary N) is 1. The van der Waals surface area contributed by atoms with Crippen LogP contribution in [0.1, 0.15) is 25.1 Å². The van der Waals surface area contributed by atoms with Gasteiger partial charge in [-0.15, -0.1) is 0 Å². The molecule has 0 saturated heterocycles. The summed E-state index contributed by atoms with van der Waals surface area (Å²) in [4.78, 5) is 22.4. The highest BCUT2D eigenvalue weighted by Crippen LogP contribution is 2.18. The topological polar surface area (TPSA) is 108 Å². The Bertz CT molecular complexity index is 710. The summed E-state index contributed by atoms with van der Waals surface area (Å²) in [5.74, 6) is -0.249. The molecule has 0 fully saturated rings. The maximum absolute atomic E-state index is 12.1. The molecule has 0 aromatic carbocycles. The van der Waals surface area contributed by atoms with Crippen molar-refractivity contribution in [3.63, 3.8) is 0 Å². The molecule has 1 atom stereocenters. The Labute approximate surface area is 137 Å². The van der Waals surface area contributed by atoms with E-state index in [1.165, 1.54) is 17.8 Å².